The first-order chi connectivity index (χ1) is 7.74. The van der Waals surface area contributed by atoms with Gasteiger partial charge in [0.05, 0.1) is 0 Å². The SMILES string of the molecule is CCN(CC1CC1)c1ccc(CBr)cc1C. The van der Waals surface area contributed by atoms with Gasteiger partial charge in [-0.3, -0.25) is 0 Å². The van der Waals surface area contributed by atoms with Gasteiger partial charge in [0.25, 0.3) is 0 Å². The number of hydrogen-bond donors (Lipinski definition) is 0. The first-order valence-electron chi connectivity index (χ1n) is 6.15. The predicted molar refractivity (Wildman–Crippen MR) is 74.4 cm³/mol. The van der Waals surface area contributed by atoms with Gasteiger partial charge in [-0.25, -0.2) is 0 Å². The molecule has 16 heavy (non-hydrogen) atoms. The standard InChI is InChI=1S/C14H20BrN/c1-3-16(10-12-4-5-12)14-7-6-13(9-15)8-11(14)2/h6-8,12H,3-5,9-10H2,1-2H3. The lowest BCUT2D eigenvalue weighted by Gasteiger charge is -2.25. The summed E-state index contributed by atoms with van der Waals surface area (Å²) in [5, 5.41) is 0.947. The van der Waals surface area contributed by atoms with E-state index in [2.05, 4.69) is 52.9 Å². The first-order valence-corrected chi connectivity index (χ1v) is 7.27. The molecule has 0 amide bonds. The molecule has 2 heteroatoms. The molecule has 0 saturated heterocycles. The van der Waals surface area contributed by atoms with E-state index in [1.54, 1.807) is 0 Å². The van der Waals surface area contributed by atoms with Crippen LogP contribution in [0.15, 0.2) is 18.2 Å². The molecule has 1 saturated carbocycles. The quantitative estimate of drug-likeness (QED) is 0.734. The highest BCUT2D eigenvalue weighted by atomic mass is 79.9. The summed E-state index contributed by atoms with van der Waals surface area (Å²) < 4.78 is 0. The first kappa shape index (κ1) is 12.0. The fraction of sp³-hybridized carbons (Fsp3) is 0.571. The van der Waals surface area contributed by atoms with Crippen LogP contribution in [-0.2, 0) is 5.33 Å². The molecule has 1 aliphatic rings. The smallest absolute Gasteiger partial charge is 0.0396 e. The maximum atomic E-state index is 3.51. The Kier molecular flexibility index (Phi) is 3.91. The number of nitrogens with zero attached hydrogens (tertiary/aromatic N) is 1. The number of hydrogen-bond acceptors (Lipinski definition) is 1. The van der Waals surface area contributed by atoms with Gasteiger partial charge >= 0.3 is 0 Å². The molecule has 1 aliphatic carbocycles. The molecule has 0 spiro atoms. The Balaban J connectivity index is 2.15. The van der Waals surface area contributed by atoms with Crippen LogP contribution in [0.2, 0.25) is 0 Å². The molecule has 0 radical (unpaired) electrons. The van der Waals surface area contributed by atoms with E-state index in [1.165, 1.54) is 36.2 Å². The Morgan fingerprint density at radius 1 is 1.38 bits per heavy atom. The zero-order chi connectivity index (χ0) is 11.5. The summed E-state index contributed by atoms with van der Waals surface area (Å²) in [7, 11) is 0. The van der Waals surface area contributed by atoms with E-state index in [-0.39, 0.29) is 0 Å². The van der Waals surface area contributed by atoms with Gasteiger partial charge in [0.2, 0.25) is 0 Å². The lowest BCUT2D eigenvalue weighted by Crippen LogP contribution is -2.25. The number of benzene rings is 1. The molecule has 0 N–H and O–H groups in total. The van der Waals surface area contributed by atoms with Crippen molar-refractivity contribution in [3.8, 4) is 0 Å². The Morgan fingerprint density at radius 2 is 2.12 bits per heavy atom. The van der Waals surface area contributed by atoms with Crippen molar-refractivity contribution in [3.05, 3.63) is 29.3 Å². The highest BCUT2D eigenvalue weighted by Crippen LogP contribution is 2.32. The van der Waals surface area contributed by atoms with Crippen LogP contribution < -0.4 is 4.90 Å². The van der Waals surface area contributed by atoms with Crippen molar-refractivity contribution in [1.29, 1.82) is 0 Å². The highest BCUT2D eigenvalue weighted by molar-refractivity contribution is 9.08. The number of anilines is 1. The summed E-state index contributed by atoms with van der Waals surface area (Å²) in [6.07, 6.45) is 2.85. The maximum Gasteiger partial charge on any atom is 0.0396 e. The van der Waals surface area contributed by atoms with Crippen LogP contribution in [0.4, 0.5) is 5.69 Å². The van der Waals surface area contributed by atoms with Gasteiger partial charge in [0.15, 0.2) is 0 Å². The Bertz CT molecular complexity index is 358. The molecule has 1 fully saturated rings. The van der Waals surface area contributed by atoms with Crippen LogP contribution in [0.5, 0.6) is 0 Å². The molecule has 1 nitrogen and oxygen atoms in total. The van der Waals surface area contributed by atoms with Crippen molar-refractivity contribution in [2.24, 2.45) is 5.92 Å². The average molecular weight is 282 g/mol. The summed E-state index contributed by atoms with van der Waals surface area (Å²) in [4.78, 5) is 2.52. The number of alkyl halides is 1. The molecule has 0 aromatic heterocycles. The van der Waals surface area contributed by atoms with Crippen molar-refractivity contribution in [1.82, 2.24) is 0 Å². The van der Waals surface area contributed by atoms with E-state index < -0.39 is 0 Å². The number of aryl methyl sites for hydroxylation is 1. The summed E-state index contributed by atoms with van der Waals surface area (Å²) in [5.41, 5.74) is 4.18. The minimum Gasteiger partial charge on any atom is -0.371 e. The summed E-state index contributed by atoms with van der Waals surface area (Å²) in [6.45, 7) is 6.83. The summed E-state index contributed by atoms with van der Waals surface area (Å²) in [6, 6.07) is 6.80. The van der Waals surface area contributed by atoms with Gasteiger partial charge in [-0.05, 0) is 49.8 Å². The minimum absolute atomic E-state index is 0.947. The monoisotopic (exact) mass is 281 g/mol. The molecular weight excluding hydrogens is 262 g/mol. The molecule has 0 unspecified atom stereocenters. The van der Waals surface area contributed by atoms with Crippen molar-refractivity contribution in [3.63, 3.8) is 0 Å². The second-order valence-corrected chi connectivity index (χ2v) is 5.30. The summed E-state index contributed by atoms with van der Waals surface area (Å²) >= 11 is 3.51. The van der Waals surface area contributed by atoms with Gasteiger partial charge in [-0.15, -0.1) is 0 Å². The van der Waals surface area contributed by atoms with E-state index in [0.717, 1.165) is 17.8 Å². The second kappa shape index (κ2) is 5.22. The van der Waals surface area contributed by atoms with E-state index >= 15 is 0 Å². The third kappa shape index (κ3) is 2.79. The Morgan fingerprint density at radius 3 is 2.62 bits per heavy atom. The van der Waals surface area contributed by atoms with Crippen molar-refractivity contribution >= 4 is 21.6 Å². The fourth-order valence-electron chi connectivity index (χ4n) is 2.17. The maximum absolute atomic E-state index is 3.51. The highest BCUT2D eigenvalue weighted by Gasteiger charge is 2.24. The lowest BCUT2D eigenvalue weighted by atomic mass is 10.1. The zero-order valence-corrected chi connectivity index (χ0v) is 11.8. The molecule has 1 aromatic carbocycles. The van der Waals surface area contributed by atoms with Crippen LogP contribution in [-0.4, -0.2) is 13.1 Å². The number of halogens is 1. The third-order valence-corrected chi connectivity index (χ3v) is 3.96. The van der Waals surface area contributed by atoms with Crippen LogP contribution in [0.3, 0.4) is 0 Å². The average Bonchev–Trinajstić information content (AvgIpc) is 3.10. The fourth-order valence-corrected chi connectivity index (χ4v) is 2.51. The predicted octanol–water partition coefficient (Wildman–Crippen LogP) is 4.13. The van der Waals surface area contributed by atoms with Crippen molar-refractivity contribution in [2.75, 3.05) is 18.0 Å². The van der Waals surface area contributed by atoms with Crippen molar-refractivity contribution in [2.45, 2.75) is 32.0 Å². The molecular formula is C14H20BrN. The topological polar surface area (TPSA) is 3.24 Å². The van der Waals surface area contributed by atoms with Crippen LogP contribution in [0.1, 0.15) is 30.9 Å². The Hall–Kier alpha value is -0.500. The van der Waals surface area contributed by atoms with Gasteiger partial charge in [0.1, 0.15) is 0 Å². The normalized spacial score (nSPS) is 15.2. The molecule has 0 bridgehead atoms. The van der Waals surface area contributed by atoms with E-state index in [4.69, 9.17) is 0 Å². The number of rotatable bonds is 5. The molecule has 0 atom stereocenters. The zero-order valence-electron chi connectivity index (χ0n) is 10.2. The second-order valence-electron chi connectivity index (χ2n) is 4.74. The Labute approximate surface area is 107 Å². The van der Waals surface area contributed by atoms with Crippen LogP contribution in [0.25, 0.3) is 0 Å². The molecule has 0 heterocycles. The van der Waals surface area contributed by atoms with Gasteiger partial charge in [-0.2, -0.15) is 0 Å². The van der Waals surface area contributed by atoms with Gasteiger partial charge in [0, 0.05) is 24.1 Å². The lowest BCUT2D eigenvalue weighted by molar-refractivity contribution is 0.740. The van der Waals surface area contributed by atoms with Crippen LogP contribution >= 0.6 is 15.9 Å². The largest absolute Gasteiger partial charge is 0.371 e. The van der Waals surface area contributed by atoms with E-state index in [9.17, 15) is 0 Å². The molecule has 1 aromatic rings. The van der Waals surface area contributed by atoms with Crippen LogP contribution in [0, 0.1) is 12.8 Å². The summed E-state index contributed by atoms with van der Waals surface area (Å²) in [5.74, 6) is 0.954. The molecule has 88 valence electrons. The van der Waals surface area contributed by atoms with E-state index in [0.29, 0.717) is 0 Å². The van der Waals surface area contributed by atoms with Gasteiger partial charge in [-0.1, -0.05) is 28.1 Å². The van der Waals surface area contributed by atoms with Crippen molar-refractivity contribution < 1.29 is 0 Å². The third-order valence-electron chi connectivity index (χ3n) is 3.31. The van der Waals surface area contributed by atoms with E-state index in [1.807, 2.05) is 0 Å². The molecule has 2 rings (SSSR count). The van der Waals surface area contributed by atoms with Gasteiger partial charge < -0.3 is 4.90 Å². The molecule has 0 aliphatic heterocycles. The minimum atomic E-state index is 0.947.